The van der Waals surface area contributed by atoms with Gasteiger partial charge in [0.15, 0.2) is 0 Å². The molecule has 5 unspecified atom stereocenters. The first kappa shape index (κ1) is 32.1. The summed E-state index contributed by atoms with van der Waals surface area (Å²) in [6.07, 6.45) is 4.00. The van der Waals surface area contributed by atoms with Gasteiger partial charge in [0, 0.05) is 17.1 Å². The maximum atomic E-state index is 13.1. The zero-order valence-electron chi connectivity index (χ0n) is 22.3. The monoisotopic (exact) mass is 564 g/mol. The van der Waals surface area contributed by atoms with Gasteiger partial charge in [-0.25, -0.2) is 4.79 Å². The molecule has 10 N–H and O–H groups in total. The molecule has 12 nitrogen and oxygen atoms in total. The number of carbonyl (C=O) groups excluding carboxylic acids is 3. The van der Waals surface area contributed by atoms with Crippen LogP contribution in [0, 0.1) is 0 Å². The highest BCUT2D eigenvalue weighted by atomic mass is 32.2. The number of carboxylic acid groups (broad SMARTS) is 1. The van der Waals surface area contributed by atoms with Crippen LogP contribution in [0.5, 0.6) is 0 Å². The van der Waals surface area contributed by atoms with Gasteiger partial charge in [0.2, 0.25) is 17.7 Å². The highest BCUT2D eigenvalue weighted by molar-refractivity contribution is 7.98. The Kier molecular flexibility index (Phi) is 13.2. The normalized spacial score (nSPS) is 15.1. The second-order valence-corrected chi connectivity index (χ2v) is 10.4. The van der Waals surface area contributed by atoms with Gasteiger partial charge >= 0.3 is 5.97 Å². The van der Waals surface area contributed by atoms with Crippen LogP contribution in [-0.4, -0.2) is 87.7 Å². The predicted octanol–water partition coefficient (Wildman–Crippen LogP) is -0.160. The van der Waals surface area contributed by atoms with Crippen molar-refractivity contribution in [3.63, 3.8) is 0 Å². The van der Waals surface area contributed by atoms with Gasteiger partial charge in [-0.2, -0.15) is 11.8 Å². The first-order valence-corrected chi connectivity index (χ1v) is 14.3. The minimum Gasteiger partial charge on any atom is -0.480 e. The number of hydrogen-bond acceptors (Lipinski definition) is 8. The number of carbonyl (C=O) groups is 4. The van der Waals surface area contributed by atoms with Gasteiger partial charge in [-0.1, -0.05) is 18.2 Å². The molecule has 0 spiro atoms. The molecule has 0 aliphatic carbocycles. The Morgan fingerprint density at radius 1 is 1.00 bits per heavy atom. The molecule has 2 rings (SSSR count). The van der Waals surface area contributed by atoms with Crippen LogP contribution in [0.3, 0.4) is 0 Å². The molecule has 1 aromatic carbocycles. The van der Waals surface area contributed by atoms with Gasteiger partial charge in [-0.05, 0) is 69.2 Å². The molecule has 216 valence electrons. The quantitative estimate of drug-likeness (QED) is 0.120. The molecule has 2 aromatic rings. The second-order valence-electron chi connectivity index (χ2n) is 9.42. The molecule has 0 radical (unpaired) electrons. The van der Waals surface area contributed by atoms with Crippen LogP contribution in [0.4, 0.5) is 0 Å². The molecular formula is C26H40N6O6S. The third-order valence-corrected chi connectivity index (χ3v) is 6.96. The largest absolute Gasteiger partial charge is 0.480 e. The average Bonchev–Trinajstić information content (AvgIpc) is 3.30. The Labute approximate surface area is 232 Å². The number of nitrogens with two attached hydrogens (primary N) is 2. The standard InChI is InChI=1S/C26H40N6O6S/c1-15(33)22(32-23(34)18(28)13-16-14-29-19-8-4-3-7-17(16)19)25(36)30-20(9-5-6-11-27)24(35)31-21(26(37)38)10-12-39-2/h3-4,7-8,14-15,18,20-22,29,33H,5-6,9-13,27-28H2,1-2H3,(H,30,36)(H,31,35)(H,32,34)(H,37,38). The van der Waals surface area contributed by atoms with Crippen LogP contribution >= 0.6 is 11.8 Å². The molecule has 1 aromatic heterocycles. The van der Waals surface area contributed by atoms with E-state index in [9.17, 15) is 29.4 Å². The molecular weight excluding hydrogens is 524 g/mol. The number of nitrogens with one attached hydrogen (secondary N) is 4. The summed E-state index contributed by atoms with van der Waals surface area (Å²) in [6.45, 7) is 1.72. The van der Waals surface area contributed by atoms with E-state index < -0.39 is 54.0 Å². The first-order chi connectivity index (χ1) is 18.6. The number of para-hydroxylation sites is 1. The number of amides is 3. The topological polar surface area (TPSA) is 213 Å². The summed E-state index contributed by atoms with van der Waals surface area (Å²) < 4.78 is 0. The number of hydrogen-bond donors (Lipinski definition) is 8. The first-order valence-electron chi connectivity index (χ1n) is 12.9. The summed E-state index contributed by atoms with van der Waals surface area (Å²) in [6, 6.07) is 2.98. The third-order valence-electron chi connectivity index (χ3n) is 6.32. The van der Waals surface area contributed by atoms with Crippen molar-refractivity contribution in [1.29, 1.82) is 0 Å². The van der Waals surface area contributed by atoms with E-state index in [4.69, 9.17) is 11.5 Å². The van der Waals surface area contributed by atoms with E-state index in [2.05, 4.69) is 20.9 Å². The van der Waals surface area contributed by atoms with E-state index in [0.717, 1.165) is 16.5 Å². The van der Waals surface area contributed by atoms with Crippen molar-refractivity contribution in [3.8, 4) is 0 Å². The number of aromatic nitrogens is 1. The Hall–Kier alpha value is -3.13. The number of carboxylic acids is 1. The van der Waals surface area contributed by atoms with E-state index >= 15 is 0 Å². The van der Waals surface area contributed by atoms with Crippen molar-refractivity contribution in [2.75, 3.05) is 18.6 Å². The van der Waals surface area contributed by atoms with Gasteiger partial charge in [0.25, 0.3) is 0 Å². The Morgan fingerprint density at radius 2 is 1.69 bits per heavy atom. The van der Waals surface area contributed by atoms with Crippen LogP contribution in [0.2, 0.25) is 0 Å². The van der Waals surface area contributed by atoms with Crippen molar-refractivity contribution in [2.24, 2.45) is 11.5 Å². The Morgan fingerprint density at radius 3 is 2.33 bits per heavy atom. The molecule has 0 fully saturated rings. The summed E-state index contributed by atoms with van der Waals surface area (Å²) >= 11 is 1.45. The number of rotatable bonds is 17. The van der Waals surface area contributed by atoms with E-state index in [1.165, 1.54) is 18.7 Å². The number of H-pyrrole nitrogens is 1. The van der Waals surface area contributed by atoms with E-state index in [1.807, 2.05) is 30.5 Å². The lowest BCUT2D eigenvalue weighted by Gasteiger charge is -2.26. The zero-order chi connectivity index (χ0) is 28.9. The molecule has 0 bridgehead atoms. The van der Waals surface area contributed by atoms with Crippen LogP contribution in [0.15, 0.2) is 30.5 Å². The lowest BCUT2D eigenvalue weighted by atomic mass is 10.0. The van der Waals surface area contributed by atoms with E-state index in [-0.39, 0.29) is 19.3 Å². The lowest BCUT2D eigenvalue weighted by molar-refractivity contribution is -0.142. The van der Waals surface area contributed by atoms with Gasteiger partial charge < -0.3 is 42.6 Å². The Balaban J connectivity index is 2.09. The SMILES string of the molecule is CSCCC(NC(=O)C(CCCCN)NC(=O)C(NC(=O)C(N)Cc1c[nH]c2ccccc12)C(C)O)C(=O)O. The predicted molar refractivity (Wildman–Crippen MR) is 151 cm³/mol. The number of thioether (sulfide) groups is 1. The van der Waals surface area contributed by atoms with Gasteiger partial charge in [-0.3, -0.25) is 14.4 Å². The molecule has 3 amide bonds. The van der Waals surface area contributed by atoms with Gasteiger partial charge in [0.1, 0.15) is 18.1 Å². The van der Waals surface area contributed by atoms with Crippen molar-refractivity contribution >= 4 is 46.4 Å². The Bertz CT molecular complexity index is 1110. The smallest absolute Gasteiger partial charge is 0.326 e. The highest BCUT2D eigenvalue weighted by Gasteiger charge is 2.32. The molecule has 0 aliphatic rings. The maximum absolute atomic E-state index is 13.1. The molecule has 0 saturated carbocycles. The van der Waals surface area contributed by atoms with Crippen molar-refractivity contribution < 1.29 is 29.4 Å². The molecule has 0 aliphatic heterocycles. The van der Waals surface area contributed by atoms with E-state index in [0.29, 0.717) is 25.1 Å². The number of benzene rings is 1. The van der Waals surface area contributed by atoms with Crippen molar-refractivity contribution in [3.05, 3.63) is 36.0 Å². The minimum absolute atomic E-state index is 0.195. The number of aliphatic hydroxyl groups is 1. The third kappa shape index (κ3) is 9.84. The molecule has 5 atom stereocenters. The molecule has 39 heavy (non-hydrogen) atoms. The molecule has 0 saturated heterocycles. The number of unbranched alkanes of at least 4 members (excludes halogenated alkanes) is 1. The highest BCUT2D eigenvalue weighted by Crippen LogP contribution is 2.19. The van der Waals surface area contributed by atoms with Crippen LogP contribution in [0.1, 0.15) is 38.2 Å². The van der Waals surface area contributed by atoms with E-state index in [1.54, 1.807) is 6.20 Å². The number of aromatic amines is 1. The molecule has 1 heterocycles. The number of fused-ring (bicyclic) bond motifs is 1. The van der Waals surface area contributed by atoms with Crippen LogP contribution < -0.4 is 27.4 Å². The zero-order valence-corrected chi connectivity index (χ0v) is 23.1. The fraction of sp³-hybridized carbons (Fsp3) is 0.538. The minimum atomic E-state index is -1.39. The summed E-state index contributed by atoms with van der Waals surface area (Å²) in [7, 11) is 0. The summed E-state index contributed by atoms with van der Waals surface area (Å²) in [4.78, 5) is 53.7. The average molecular weight is 565 g/mol. The second kappa shape index (κ2) is 16.1. The van der Waals surface area contributed by atoms with Crippen molar-refractivity contribution in [2.45, 2.75) is 69.3 Å². The summed E-state index contributed by atoms with van der Waals surface area (Å²) in [5.74, 6) is -2.76. The van der Waals surface area contributed by atoms with Gasteiger partial charge in [-0.15, -0.1) is 0 Å². The number of aliphatic carboxylic acids is 1. The fourth-order valence-corrected chi connectivity index (χ4v) is 4.56. The van der Waals surface area contributed by atoms with Crippen LogP contribution in [-0.2, 0) is 25.6 Å². The van der Waals surface area contributed by atoms with Crippen molar-refractivity contribution in [1.82, 2.24) is 20.9 Å². The summed E-state index contributed by atoms with van der Waals surface area (Å²) in [5.41, 5.74) is 13.4. The molecule has 13 heteroatoms. The van der Waals surface area contributed by atoms with Crippen LogP contribution in [0.25, 0.3) is 10.9 Å². The maximum Gasteiger partial charge on any atom is 0.326 e. The number of aliphatic hydroxyl groups excluding tert-OH is 1. The van der Waals surface area contributed by atoms with Gasteiger partial charge in [0.05, 0.1) is 12.1 Å². The fourth-order valence-electron chi connectivity index (χ4n) is 4.08. The lowest BCUT2D eigenvalue weighted by Crippen LogP contribution is -2.60. The summed E-state index contributed by atoms with van der Waals surface area (Å²) in [5, 5.41) is 28.2.